The highest BCUT2D eigenvalue weighted by molar-refractivity contribution is 6.34. The number of hydrogen-bond donors (Lipinski definition) is 1. The number of imide groups is 2. The molecular formula is C57H46N2O8. The highest BCUT2D eigenvalue weighted by atomic mass is 16.5. The highest BCUT2D eigenvalue weighted by Gasteiger charge is 2.38. The van der Waals surface area contributed by atoms with Gasteiger partial charge < -0.3 is 9.47 Å². The standard InChI is InChI=1S/C57H46N2O8/c1-55(2,38-19-25-43(26-20-38)66-53(64)34-15-29-45-47(31-34)50(61)58-49(45)60)39-21-27-44(28-22-39)67-54(65)35-16-30-46-48(32-35)52(63)59(51(46)62)42-23-17-37(18-24-42)57(5,6)41-14-10-13-40(33-41)56(3,4)36-11-8-7-9-12-36/h7-33H,1-6H3,(H,58,60,61). The third kappa shape index (κ3) is 8.01. The van der Waals surface area contributed by atoms with Gasteiger partial charge in [-0.1, -0.05) is 133 Å². The summed E-state index contributed by atoms with van der Waals surface area (Å²) >= 11 is 0. The third-order valence-electron chi connectivity index (χ3n) is 13.3. The Kier molecular flexibility index (Phi) is 10.9. The number of ether oxygens (including phenoxy) is 2. The van der Waals surface area contributed by atoms with Crippen LogP contribution in [-0.4, -0.2) is 35.6 Å². The Balaban J connectivity index is 0.839. The Labute approximate surface area is 388 Å². The predicted molar refractivity (Wildman–Crippen MR) is 254 cm³/mol. The number of rotatable bonds is 11. The number of hydrogen-bond acceptors (Lipinski definition) is 8. The lowest BCUT2D eigenvalue weighted by Gasteiger charge is -2.31. The Hall–Kier alpha value is -8.24. The molecule has 4 amide bonds. The number of anilines is 1. The maximum Gasteiger partial charge on any atom is 0.343 e. The molecule has 67 heavy (non-hydrogen) atoms. The van der Waals surface area contributed by atoms with Gasteiger partial charge in [0.25, 0.3) is 23.6 Å². The molecule has 0 saturated heterocycles. The Bertz CT molecular complexity index is 3170. The summed E-state index contributed by atoms with van der Waals surface area (Å²) in [5.74, 6) is -2.82. The van der Waals surface area contributed by atoms with Crippen molar-refractivity contribution in [2.24, 2.45) is 0 Å². The van der Waals surface area contributed by atoms with Crippen molar-refractivity contribution in [3.63, 3.8) is 0 Å². The summed E-state index contributed by atoms with van der Waals surface area (Å²) in [6.07, 6.45) is 0. The van der Waals surface area contributed by atoms with E-state index in [4.69, 9.17) is 9.47 Å². The molecule has 2 aliphatic heterocycles. The molecule has 10 nitrogen and oxygen atoms in total. The van der Waals surface area contributed by atoms with Gasteiger partial charge in [-0.3, -0.25) is 24.5 Å². The zero-order valence-corrected chi connectivity index (χ0v) is 37.8. The van der Waals surface area contributed by atoms with E-state index in [2.05, 4.69) is 81.5 Å². The highest BCUT2D eigenvalue weighted by Crippen LogP contribution is 2.39. The minimum Gasteiger partial charge on any atom is -0.423 e. The van der Waals surface area contributed by atoms with Crippen molar-refractivity contribution in [3.05, 3.63) is 231 Å². The van der Waals surface area contributed by atoms with Crippen molar-refractivity contribution >= 4 is 41.3 Å². The average Bonchev–Trinajstić information content (AvgIpc) is 3.77. The van der Waals surface area contributed by atoms with Crippen LogP contribution < -0.4 is 19.7 Å². The molecule has 0 aromatic heterocycles. The molecule has 2 heterocycles. The van der Waals surface area contributed by atoms with Gasteiger partial charge in [-0.05, 0) is 106 Å². The first-order chi connectivity index (χ1) is 31.9. The molecule has 0 bridgehead atoms. The van der Waals surface area contributed by atoms with Gasteiger partial charge in [-0.2, -0.15) is 0 Å². The maximum absolute atomic E-state index is 13.8. The summed E-state index contributed by atoms with van der Waals surface area (Å²) in [7, 11) is 0. The molecule has 0 spiro atoms. The van der Waals surface area contributed by atoms with Crippen LogP contribution in [0.1, 0.15) is 137 Å². The van der Waals surface area contributed by atoms with Crippen molar-refractivity contribution in [1.29, 1.82) is 0 Å². The second kappa shape index (κ2) is 16.6. The van der Waals surface area contributed by atoms with E-state index in [9.17, 15) is 28.8 Å². The number of nitrogens with zero attached hydrogens (tertiary/aromatic N) is 1. The van der Waals surface area contributed by atoms with Crippen LogP contribution in [0.5, 0.6) is 11.5 Å². The zero-order chi connectivity index (χ0) is 47.4. The summed E-state index contributed by atoms with van der Waals surface area (Å²) < 4.78 is 11.3. The fourth-order valence-corrected chi connectivity index (χ4v) is 8.79. The fraction of sp³-hybridized carbons (Fsp3) is 0.158. The number of amides is 4. The molecule has 7 aromatic carbocycles. The molecule has 0 radical (unpaired) electrons. The van der Waals surface area contributed by atoms with E-state index in [-0.39, 0.29) is 44.2 Å². The first-order valence-corrected chi connectivity index (χ1v) is 21.9. The van der Waals surface area contributed by atoms with E-state index >= 15 is 0 Å². The van der Waals surface area contributed by atoms with Crippen LogP contribution in [0.3, 0.4) is 0 Å². The number of carbonyl (C=O) groups excluding carboxylic acids is 6. The van der Waals surface area contributed by atoms with Crippen molar-refractivity contribution in [2.45, 2.75) is 57.8 Å². The summed E-state index contributed by atoms with van der Waals surface area (Å²) in [6.45, 7) is 12.8. The van der Waals surface area contributed by atoms with Gasteiger partial charge in [0.2, 0.25) is 0 Å². The molecule has 0 aliphatic carbocycles. The first kappa shape index (κ1) is 44.0. The third-order valence-corrected chi connectivity index (χ3v) is 13.3. The Morgan fingerprint density at radius 1 is 0.403 bits per heavy atom. The largest absolute Gasteiger partial charge is 0.423 e. The van der Waals surface area contributed by atoms with Crippen molar-refractivity contribution in [3.8, 4) is 11.5 Å². The molecule has 332 valence electrons. The smallest absolute Gasteiger partial charge is 0.343 e. The summed E-state index contributed by atoms with van der Waals surface area (Å²) in [6, 6.07) is 49.2. The zero-order valence-electron chi connectivity index (χ0n) is 37.8. The molecular weight excluding hydrogens is 841 g/mol. The van der Waals surface area contributed by atoms with Gasteiger partial charge in [0.1, 0.15) is 11.5 Å². The Morgan fingerprint density at radius 2 is 0.806 bits per heavy atom. The number of esters is 2. The quantitative estimate of drug-likeness (QED) is 0.0770. The van der Waals surface area contributed by atoms with Crippen LogP contribution in [0, 0.1) is 0 Å². The van der Waals surface area contributed by atoms with Crippen molar-refractivity contribution in [1.82, 2.24) is 5.32 Å². The minimum absolute atomic E-state index is 0.120. The molecule has 0 unspecified atom stereocenters. The number of benzene rings is 7. The average molecular weight is 887 g/mol. The predicted octanol–water partition coefficient (Wildman–Crippen LogP) is 10.8. The number of fused-ring (bicyclic) bond motifs is 2. The molecule has 2 aliphatic rings. The number of carbonyl (C=O) groups is 6. The lowest BCUT2D eigenvalue weighted by Crippen LogP contribution is -2.29. The molecule has 0 atom stereocenters. The van der Waals surface area contributed by atoms with E-state index in [1.807, 2.05) is 56.3 Å². The van der Waals surface area contributed by atoms with E-state index in [1.54, 1.807) is 36.4 Å². The van der Waals surface area contributed by atoms with Crippen LogP contribution in [0.15, 0.2) is 164 Å². The minimum atomic E-state index is -0.682. The summed E-state index contributed by atoms with van der Waals surface area (Å²) in [5, 5.41) is 2.20. The van der Waals surface area contributed by atoms with E-state index in [0.717, 1.165) is 27.2 Å². The molecule has 7 aromatic rings. The van der Waals surface area contributed by atoms with Gasteiger partial charge >= 0.3 is 11.9 Å². The van der Waals surface area contributed by atoms with Crippen LogP contribution in [0.2, 0.25) is 0 Å². The van der Waals surface area contributed by atoms with E-state index in [0.29, 0.717) is 17.2 Å². The monoisotopic (exact) mass is 886 g/mol. The maximum atomic E-state index is 13.8. The van der Waals surface area contributed by atoms with E-state index < -0.39 is 41.0 Å². The van der Waals surface area contributed by atoms with Crippen LogP contribution in [0.4, 0.5) is 5.69 Å². The second-order valence-electron chi connectivity index (χ2n) is 18.4. The second-order valence-corrected chi connectivity index (χ2v) is 18.4. The van der Waals surface area contributed by atoms with Crippen LogP contribution >= 0.6 is 0 Å². The lowest BCUT2D eigenvalue weighted by molar-refractivity contribution is 0.0725. The van der Waals surface area contributed by atoms with Crippen LogP contribution in [0.25, 0.3) is 0 Å². The van der Waals surface area contributed by atoms with Crippen LogP contribution in [-0.2, 0) is 16.2 Å². The van der Waals surface area contributed by atoms with Crippen molar-refractivity contribution < 1.29 is 38.2 Å². The molecule has 9 rings (SSSR count). The van der Waals surface area contributed by atoms with Gasteiger partial charge in [0, 0.05) is 16.2 Å². The summed E-state index contributed by atoms with van der Waals surface area (Å²) in [4.78, 5) is 78.8. The molecule has 0 fully saturated rings. The van der Waals surface area contributed by atoms with E-state index in [1.165, 1.54) is 47.5 Å². The van der Waals surface area contributed by atoms with Gasteiger partial charge in [-0.15, -0.1) is 0 Å². The molecule has 10 heteroatoms. The van der Waals surface area contributed by atoms with Gasteiger partial charge in [-0.25, -0.2) is 14.5 Å². The van der Waals surface area contributed by atoms with Gasteiger partial charge in [0.15, 0.2) is 0 Å². The van der Waals surface area contributed by atoms with Gasteiger partial charge in [0.05, 0.1) is 39.1 Å². The lowest BCUT2D eigenvalue weighted by atomic mass is 9.73. The fourth-order valence-electron chi connectivity index (χ4n) is 8.79. The number of nitrogens with one attached hydrogen (secondary N) is 1. The Morgan fingerprint density at radius 3 is 1.33 bits per heavy atom. The molecule has 0 saturated carbocycles. The SMILES string of the molecule is CC(C)(c1ccc(OC(=O)c2ccc3c(c2)C(=O)NC3=O)cc1)c1ccc(OC(=O)c2ccc3c(c2)C(=O)N(c2ccc(C(C)(C)c4cccc(C(C)(C)c5ccccc5)c4)cc2)C3=O)cc1. The topological polar surface area (TPSA) is 136 Å². The normalized spacial score (nSPS) is 13.6. The first-order valence-electron chi connectivity index (χ1n) is 21.9. The van der Waals surface area contributed by atoms with Crippen molar-refractivity contribution in [2.75, 3.05) is 4.90 Å². The molecule has 1 N–H and O–H groups in total. The summed E-state index contributed by atoms with van der Waals surface area (Å²) in [5.41, 5.74) is 6.68.